The van der Waals surface area contributed by atoms with Gasteiger partial charge < -0.3 is 4.74 Å². The van der Waals surface area contributed by atoms with Gasteiger partial charge in [-0.05, 0) is 25.2 Å². The van der Waals surface area contributed by atoms with Crippen molar-refractivity contribution in [3.8, 4) is 0 Å². The first kappa shape index (κ1) is 14.4. The molecule has 0 saturated heterocycles. The van der Waals surface area contributed by atoms with E-state index in [1.54, 1.807) is 0 Å². The zero-order valence-corrected chi connectivity index (χ0v) is 11.2. The van der Waals surface area contributed by atoms with Gasteiger partial charge in [-0.25, -0.2) is 0 Å². The van der Waals surface area contributed by atoms with E-state index in [4.69, 9.17) is 0 Å². The highest BCUT2D eigenvalue weighted by molar-refractivity contribution is 7.87. The van der Waals surface area contributed by atoms with Gasteiger partial charge in [-0.1, -0.05) is 13.8 Å². The Morgan fingerprint density at radius 1 is 1.41 bits per heavy atom. The van der Waals surface area contributed by atoms with Crippen molar-refractivity contribution in [1.82, 2.24) is 9.44 Å². The van der Waals surface area contributed by atoms with Crippen LogP contribution in [0.25, 0.3) is 0 Å². The molecule has 1 fully saturated rings. The average Bonchev–Trinajstić information content (AvgIpc) is 2.97. The molecule has 0 aromatic carbocycles. The molecule has 6 nitrogen and oxygen atoms in total. The fourth-order valence-corrected chi connectivity index (χ4v) is 2.76. The Bertz CT molecular complexity index is 363. The van der Waals surface area contributed by atoms with E-state index < -0.39 is 22.2 Å². The van der Waals surface area contributed by atoms with E-state index in [0.29, 0.717) is 6.42 Å². The van der Waals surface area contributed by atoms with Crippen molar-refractivity contribution in [3.63, 3.8) is 0 Å². The van der Waals surface area contributed by atoms with Crippen molar-refractivity contribution in [2.45, 2.75) is 45.2 Å². The molecule has 17 heavy (non-hydrogen) atoms. The van der Waals surface area contributed by atoms with Crippen LogP contribution >= 0.6 is 0 Å². The number of esters is 1. The molecule has 2 N–H and O–H groups in total. The van der Waals surface area contributed by atoms with Crippen LogP contribution in [0.1, 0.15) is 33.1 Å². The summed E-state index contributed by atoms with van der Waals surface area (Å²) in [6.45, 7) is 3.83. The van der Waals surface area contributed by atoms with Crippen LogP contribution in [0.4, 0.5) is 0 Å². The quantitative estimate of drug-likeness (QED) is 0.642. The summed E-state index contributed by atoms with van der Waals surface area (Å²) in [4.78, 5) is 11.4. The van der Waals surface area contributed by atoms with Crippen LogP contribution in [-0.2, 0) is 19.7 Å². The van der Waals surface area contributed by atoms with Gasteiger partial charge in [0.05, 0.1) is 7.11 Å². The molecule has 0 aliphatic heterocycles. The molecule has 100 valence electrons. The highest BCUT2D eigenvalue weighted by atomic mass is 32.2. The Morgan fingerprint density at radius 2 is 2.00 bits per heavy atom. The number of hydrogen-bond donors (Lipinski definition) is 2. The summed E-state index contributed by atoms with van der Waals surface area (Å²) in [5, 5.41) is 0. The fraction of sp³-hybridized carbons (Fsp3) is 0.900. The van der Waals surface area contributed by atoms with Crippen molar-refractivity contribution < 1.29 is 17.9 Å². The number of carbonyl (C=O) groups excluding carboxylic acids is 1. The molecule has 1 aliphatic carbocycles. The Morgan fingerprint density at radius 3 is 2.41 bits per heavy atom. The molecule has 1 unspecified atom stereocenters. The largest absolute Gasteiger partial charge is 0.468 e. The highest BCUT2D eigenvalue weighted by Gasteiger charge is 2.31. The zero-order chi connectivity index (χ0) is 13.1. The molecule has 0 radical (unpaired) electrons. The SMILES string of the molecule is COC(=O)C(CC(C)C)NS(=O)(=O)NC1CC1. The second-order valence-corrected chi connectivity index (χ2v) is 6.20. The lowest BCUT2D eigenvalue weighted by Gasteiger charge is -2.18. The fourth-order valence-electron chi connectivity index (χ4n) is 1.45. The number of hydrogen-bond acceptors (Lipinski definition) is 4. The van der Waals surface area contributed by atoms with Crippen LogP contribution in [0.2, 0.25) is 0 Å². The molecule has 1 atom stereocenters. The topological polar surface area (TPSA) is 84.5 Å². The Balaban J connectivity index is 2.60. The highest BCUT2D eigenvalue weighted by Crippen LogP contribution is 2.19. The number of methoxy groups -OCH3 is 1. The monoisotopic (exact) mass is 264 g/mol. The first-order valence-corrected chi connectivity index (χ1v) is 7.19. The molecule has 0 bridgehead atoms. The average molecular weight is 264 g/mol. The van der Waals surface area contributed by atoms with E-state index in [1.807, 2.05) is 13.8 Å². The normalized spacial score (nSPS) is 18.1. The predicted octanol–water partition coefficient (Wildman–Crippen LogP) is 0.161. The molecule has 0 aromatic heterocycles. The Hall–Kier alpha value is -0.660. The second-order valence-electron chi connectivity index (χ2n) is 4.72. The van der Waals surface area contributed by atoms with Crippen LogP contribution in [0.3, 0.4) is 0 Å². The van der Waals surface area contributed by atoms with Crippen molar-refractivity contribution in [2.75, 3.05) is 7.11 Å². The van der Waals surface area contributed by atoms with E-state index in [-0.39, 0.29) is 12.0 Å². The Kier molecular flexibility index (Phi) is 4.91. The van der Waals surface area contributed by atoms with Crippen LogP contribution in [0.5, 0.6) is 0 Å². The molecule has 0 heterocycles. The summed E-state index contributed by atoms with van der Waals surface area (Å²) in [5.74, 6) is -0.359. The summed E-state index contributed by atoms with van der Waals surface area (Å²) in [5.41, 5.74) is 0. The number of ether oxygens (including phenoxy) is 1. The van der Waals surface area contributed by atoms with Gasteiger partial charge in [0.1, 0.15) is 6.04 Å². The summed E-state index contributed by atoms with van der Waals surface area (Å²) < 4.78 is 32.7. The van der Waals surface area contributed by atoms with Gasteiger partial charge in [-0.2, -0.15) is 17.9 Å². The smallest absolute Gasteiger partial charge is 0.323 e. The number of carbonyl (C=O) groups is 1. The van der Waals surface area contributed by atoms with Crippen LogP contribution in [-0.4, -0.2) is 33.6 Å². The molecule has 0 amide bonds. The van der Waals surface area contributed by atoms with Gasteiger partial charge in [-0.3, -0.25) is 4.79 Å². The van der Waals surface area contributed by atoms with Crippen molar-refractivity contribution in [3.05, 3.63) is 0 Å². The summed E-state index contributed by atoms with van der Waals surface area (Å²) >= 11 is 0. The van der Waals surface area contributed by atoms with Gasteiger partial charge in [0.2, 0.25) is 0 Å². The lowest BCUT2D eigenvalue weighted by Crippen LogP contribution is -2.47. The van der Waals surface area contributed by atoms with Gasteiger partial charge in [0.15, 0.2) is 0 Å². The second kappa shape index (κ2) is 5.79. The van der Waals surface area contributed by atoms with Gasteiger partial charge in [0, 0.05) is 6.04 Å². The van der Waals surface area contributed by atoms with Gasteiger partial charge >= 0.3 is 5.97 Å². The lowest BCUT2D eigenvalue weighted by molar-refractivity contribution is -0.143. The molecule has 1 saturated carbocycles. The van der Waals surface area contributed by atoms with Crippen LogP contribution in [0.15, 0.2) is 0 Å². The third kappa shape index (κ3) is 5.47. The minimum atomic E-state index is -3.62. The zero-order valence-electron chi connectivity index (χ0n) is 10.4. The van der Waals surface area contributed by atoms with Crippen LogP contribution in [0, 0.1) is 5.92 Å². The summed E-state index contributed by atoms with van der Waals surface area (Å²) in [6, 6.07) is -0.805. The maximum atomic E-state index is 11.7. The first-order chi connectivity index (χ1) is 7.84. The van der Waals surface area contributed by atoms with E-state index in [0.717, 1.165) is 12.8 Å². The lowest BCUT2D eigenvalue weighted by atomic mass is 10.1. The molecular formula is C10H20N2O4S. The molecule has 0 aromatic rings. The molecule has 0 spiro atoms. The van der Waals surface area contributed by atoms with Crippen molar-refractivity contribution >= 4 is 16.2 Å². The standard InChI is InChI=1S/C10H20N2O4S/c1-7(2)6-9(10(13)16-3)12-17(14,15)11-8-4-5-8/h7-9,11-12H,4-6H2,1-3H3. The van der Waals surface area contributed by atoms with Gasteiger partial charge in [-0.15, -0.1) is 0 Å². The van der Waals surface area contributed by atoms with E-state index in [2.05, 4.69) is 14.2 Å². The molecule has 1 aliphatic rings. The predicted molar refractivity (Wildman–Crippen MR) is 63.5 cm³/mol. The van der Waals surface area contributed by atoms with E-state index in [1.165, 1.54) is 7.11 Å². The van der Waals surface area contributed by atoms with E-state index >= 15 is 0 Å². The van der Waals surface area contributed by atoms with E-state index in [9.17, 15) is 13.2 Å². The molecular weight excluding hydrogens is 244 g/mol. The maximum Gasteiger partial charge on any atom is 0.323 e. The van der Waals surface area contributed by atoms with Crippen molar-refractivity contribution in [2.24, 2.45) is 5.92 Å². The maximum absolute atomic E-state index is 11.7. The van der Waals surface area contributed by atoms with Gasteiger partial charge in [0.25, 0.3) is 10.2 Å². The molecule has 7 heteroatoms. The number of nitrogens with one attached hydrogen (secondary N) is 2. The minimum Gasteiger partial charge on any atom is -0.468 e. The number of rotatable bonds is 7. The minimum absolute atomic E-state index is 0.0184. The van der Waals surface area contributed by atoms with Crippen molar-refractivity contribution in [1.29, 1.82) is 0 Å². The summed E-state index contributed by atoms with van der Waals surface area (Å²) in [6.07, 6.45) is 2.13. The third-order valence-corrected chi connectivity index (χ3v) is 3.63. The summed E-state index contributed by atoms with van der Waals surface area (Å²) in [7, 11) is -2.37. The van der Waals surface area contributed by atoms with Crippen LogP contribution < -0.4 is 9.44 Å². The molecule has 1 rings (SSSR count). The Labute approximate surface area is 102 Å². The first-order valence-electron chi connectivity index (χ1n) is 5.71. The third-order valence-electron chi connectivity index (χ3n) is 2.39.